The summed E-state index contributed by atoms with van der Waals surface area (Å²) in [5.74, 6) is 0.571. The minimum atomic E-state index is -0.152. The molecule has 2 aromatic carbocycles. The number of aryl methyl sites for hydroxylation is 1. The molecule has 0 aliphatic heterocycles. The maximum absolute atomic E-state index is 12.6. The lowest BCUT2D eigenvalue weighted by Gasteiger charge is -2.18. The van der Waals surface area contributed by atoms with E-state index in [4.69, 9.17) is 0 Å². The van der Waals surface area contributed by atoms with Gasteiger partial charge in [0, 0.05) is 0 Å². The van der Waals surface area contributed by atoms with Crippen LogP contribution in [-0.4, -0.2) is 15.9 Å². The molecule has 0 N–H and O–H groups in total. The molecule has 122 valence electrons. The van der Waals surface area contributed by atoms with E-state index in [0.717, 1.165) is 5.56 Å². The van der Waals surface area contributed by atoms with E-state index in [1.165, 1.54) is 10.2 Å². The normalized spacial score (nSPS) is 12.2. The fraction of sp³-hybridized carbons (Fsp3) is 0.250. The SMILES string of the molecule is Cc1nc2ccccc2c(=O)n1/N=C\c1ccc(C(C)(C)C)cc1. The first-order valence-corrected chi connectivity index (χ1v) is 7.99. The van der Waals surface area contributed by atoms with E-state index in [2.05, 4.69) is 43.0 Å². The second-order valence-electron chi connectivity index (χ2n) is 6.91. The summed E-state index contributed by atoms with van der Waals surface area (Å²) in [6.45, 7) is 8.33. The van der Waals surface area contributed by atoms with Crippen molar-refractivity contribution in [2.24, 2.45) is 5.10 Å². The van der Waals surface area contributed by atoms with Crippen LogP contribution in [0.25, 0.3) is 10.9 Å². The average molecular weight is 319 g/mol. The van der Waals surface area contributed by atoms with Gasteiger partial charge < -0.3 is 0 Å². The Morgan fingerprint density at radius 3 is 2.38 bits per heavy atom. The monoisotopic (exact) mass is 319 g/mol. The number of nitrogens with zero attached hydrogens (tertiary/aromatic N) is 3. The summed E-state index contributed by atoms with van der Waals surface area (Å²) in [5, 5.41) is 4.91. The molecule has 0 aliphatic carbocycles. The highest BCUT2D eigenvalue weighted by Crippen LogP contribution is 2.21. The summed E-state index contributed by atoms with van der Waals surface area (Å²) in [7, 11) is 0. The number of para-hydroxylation sites is 1. The maximum Gasteiger partial charge on any atom is 0.282 e. The standard InChI is InChI=1S/C20H21N3O/c1-14-22-18-8-6-5-7-17(18)19(24)23(14)21-13-15-9-11-16(12-10-15)20(2,3)4/h5-13H,1-4H3/b21-13-. The van der Waals surface area contributed by atoms with Gasteiger partial charge in [-0.1, -0.05) is 57.2 Å². The number of fused-ring (bicyclic) bond motifs is 1. The van der Waals surface area contributed by atoms with Crippen LogP contribution < -0.4 is 5.56 Å². The van der Waals surface area contributed by atoms with Gasteiger partial charge in [-0.25, -0.2) is 4.98 Å². The first-order valence-electron chi connectivity index (χ1n) is 7.99. The fourth-order valence-corrected chi connectivity index (χ4v) is 2.56. The van der Waals surface area contributed by atoms with Gasteiger partial charge in [-0.15, -0.1) is 0 Å². The van der Waals surface area contributed by atoms with Crippen LogP contribution in [-0.2, 0) is 5.41 Å². The lowest BCUT2D eigenvalue weighted by molar-refractivity contribution is 0.590. The molecule has 4 heteroatoms. The molecule has 0 unspecified atom stereocenters. The van der Waals surface area contributed by atoms with E-state index in [0.29, 0.717) is 16.7 Å². The largest absolute Gasteiger partial charge is 0.282 e. The van der Waals surface area contributed by atoms with Gasteiger partial charge in [0.25, 0.3) is 5.56 Å². The Bertz CT molecular complexity index is 961. The molecule has 0 bridgehead atoms. The zero-order chi connectivity index (χ0) is 17.3. The Morgan fingerprint density at radius 2 is 1.71 bits per heavy atom. The van der Waals surface area contributed by atoms with Crippen LogP contribution >= 0.6 is 0 Å². The Labute approximate surface area is 141 Å². The molecule has 0 saturated heterocycles. The number of hydrogen-bond acceptors (Lipinski definition) is 3. The summed E-state index contributed by atoms with van der Waals surface area (Å²) in [6.07, 6.45) is 1.69. The van der Waals surface area contributed by atoms with Crippen molar-refractivity contribution in [3.05, 3.63) is 75.8 Å². The van der Waals surface area contributed by atoms with Crippen LogP contribution in [0.15, 0.2) is 58.4 Å². The minimum Gasteiger partial charge on any atom is -0.267 e. The lowest BCUT2D eigenvalue weighted by atomic mass is 9.87. The number of hydrogen-bond donors (Lipinski definition) is 0. The topological polar surface area (TPSA) is 47.2 Å². The lowest BCUT2D eigenvalue weighted by Crippen LogP contribution is -2.20. The van der Waals surface area contributed by atoms with Crippen LogP contribution in [0, 0.1) is 6.92 Å². The highest BCUT2D eigenvalue weighted by Gasteiger charge is 2.12. The molecule has 4 nitrogen and oxygen atoms in total. The zero-order valence-electron chi connectivity index (χ0n) is 14.4. The summed E-state index contributed by atoms with van der Waals surface area (Å²) >= 11 is 0. The highest BCUT2D eigenvalue weighted by molar-refractivity contribution is 5.80. The van der Waals surface area contributed by atoms with E-state index in [9.17, 15) is 4.79 Å². The summed E-state index contributed by atoms with van der Waals surface area (Å²) < 4.78 is 1.35. The fourth-order valence-electron chi connectivity index (χ4n) is 2.56. The zero-order valence-corrected chi connectivity index (χ0v) is 14.4. The predicted molar refractivity (Wildman–Crippen MR) is 98.9 cm³/mol. The third-order valence-electron chi connectivity index (χ3n) is 4.01. The van der Waals surface area contributed by atoms with E-state index in [-0.39, 0.29) is 11.0 Å². The Balaban J connectivity index is 1.98. The van der Waals surface area contributed by atoms with Crippen molar-refractivity contribution in [3.63, 3.8) is 0 Å². The van der Waals surface area contributed by atoms with Gasteiger partial charge in [0.15, 0.2) is 0 Å². The Morgan fingerprint density at radius 1 is 1.04 bits per heavy atom. The summed E-state index contributed by atoms with van der Waals surface area (Å²) in [5.41, 5.74) is 2.87. The summed E-state index contributed by atoms with van der Waals surface area (Å²) in [4.78, 5) is 17.0. The van der Waals surface area contributed by atoms with Crippen molar-refractivity contribution >= 4 is 17.1 Å². The van der Waals surface area contributed by atoms with Gasteiger partial charge >= 0.3 is 0 Å². The van der Waals surface area contributed by atoms with Crippen LogP contribution in [0.5, 0.6) is 0 Å². The van der Waals surface area contributed by atoms with E-state index in [1.807, 2.05) is 30.3 Å². The van der Waals surface area contributed by atoms with Gasteiger partial charge in [0.05, 0.1) is 17.1 Å². The van der Waals surface area contributed by atoms with E-state index < -0.39 is 0 Å². The molecule has 0 spiro atoms. The maximum atomic E-state index is 12.6. The average Bonchev–Trinajstić information content (AvgIpc) is 2.54. The predicted octanol–water partition coefficient (Wildman–Crippen LogP) is 3.88. The van der Waals surface area contributed by atoms with Crippen molar-refractivity contribution in [1.29, 1.82) is 0 Å². The smallest absolute Gasteiger partial charge is 0.267 e. The van der Waals surface area contributed by atoms with Crippen molar-refractivity contribution in [2.75, 3.05) is 0 Å². The Kier molecular flexibility index (Phi) is 4.06. The molecular formula is C20H21N3O. The van der Waals surface area contributed by atoms with E-state index in [1.54, 1.807) is 19.2 Å². The van der Waals surface area contributed by atoms with Crippen LogP contribution in [0.1, 0.15) is 37.7 Å². The molecule has 0 saturated carbocycles. The van der Waals surface area contributed by atoms with E-state index >= 15 is 0 Å². The van der Waals surface area contributed by atoms with Crippen LogP contribution in [0.3, 0.4) is 0 Å². The van der Waals surface area contributed by atoms with Crippen molar-refractivity contribution in [1.82, 2.24) is 9.66 Å². The quantitative estimate of drug-likeness (QED) is 0.673. The van der Waals surface area contributed by atoms with Crippen LogP contribution in [0.4, 0.5) is 0 Å². The highest BCUT2D eigenvalue weighted by atomic mass is 16.1. The summed E-state index contributed by atoms with van der Waals surface area (Å²) in [6, 6.07) is 15.5. The van der Waals surface area contributed by atoms with Gasteiger partial charge in [-0.3, -0.25) is 4.79 Å². The van der Waals surface area contributed by atoms with Gasteiger partial charge in [-0.2, -0.15) is 9.78 Å². The first-order chi connectivity index (χ1) is 11.4. The van der Waals surface area contributed by atoms with Crippen LogP contribution in [0.2, 0.25) is 0 Å². The third-order valence-corrected chi connectivity index (χ3v) is 4.01. The number of rotatable bonds is 2. The van der Waals surface area contributed by atoms with Crippen molar-refractivity contribution in [3.8, 4) is 0 Å². The van der Waals surface area contributed by atoms with Gasteiger partial charge in [-0.05, 0) is 35.6 Å². The molecule has 0 atom stereocenters. The molecule has 24 heavy (non-hydrogen) atoms. The molecule has 3 aromatic rings. The minimum absolute atomic E-state index is 0.117. The van der Waals surface area contributed by atoms with Gasteiger partial charge in [0.1, 0.15) is 5.82 Å². The molecule has 0 fully saturated rings. The first kappa shape index (κ1) is 16.1. The molecule has 3 rings (SSSR count). The second-order valence-corrected chi connectivity index (χ2v) is 6.91. The Hall–Kier alpha value is -2.75. The second kappa shape index (κ2) is 6.04. The number of aromatic nitrogens is 2. The molecule has 0 aliphatic rings. The van der Waals surface area contributed by atoms with Crippen molar-refractivity contribution < 1.29 is 0 Å². The molecular weight excluding hydrogens is 298 g/mol. The molecule has 1 heterocycles. The molecule has 0 amide bonds. The van der Waals surface area contributed by atoms with Crippen molar-refractivity contribution in [2.45, 2.75) is 33.1 Å². The number of benzene rings is 2. The van der Waals surface area contributed by atoms with Gasteiger partial charge in [0.2, 0.25) is 0 Å². The molecule has 0 radical (unpaired) electrons. The third kappa shape index (κ3) is 3.13. The molecule has 1 aromatic heterocycles.